The Morgan fingerprint density at radius 2 is 2.14 bits per heavy atom. The molecular formula is C15H23ClN2O2S. The Balaban J connectivity index is 2.10. The van der Waals surface area contributed by atoms with Crippen LogP contribution in [-0.2, 0) is 16.4 Å². The summed E-state index contributed by atoms with van der Waals surface area (Å²) in [6.45, 7) is 4.98. The molecule has 2 rings (SSSR count). The van der Waals surface area contributed by atoms with Crippen molar-refractivity contribution < 1.29 is 8.42 Å². The van der Waals surface area contributed by atoms with Crippen molar-refractivity contribution in [1.82, 2.24) is 5.32 Å². The van der Waals surface area contributed by atoms with Gasteiger partial charge in [-0.25, -0.2) is 8.42 Å². The Hall–Kier alpha value is -0.780. The smallest absolute Gasteiger partial charge is 0.152 e. The summed E-state index contributed by atoms with van der Waals surface area (Å²) in [5.41, 5.74) is 2.02. The van der Waals surface area contributed by atoms with E-state index in [1.54, 1.807) is 0 Å². The Bertz CT molecular complexity index is 602. The van der Waals surface area contributed by atoms with E-state index >= 15 is 0 Å². The summed E-state index contributed by atoms with van der Waals surface area (Å²) in [5.74, 6) is 0.493. The average Bonchev–Trinajstić information content (AvgIpc) is 2.76. The fourth-order valence-electron chi connectivity index (χ4n) is 2.55. The number of nitrogens with zero attached hydrogens (tertiary/aromatic N) is 1. The highest BCUT2D eigenvalue weighted by Crippen LogP contribution is 2.30. The van der Waals surface area contributed by atoms with Crippen molar-refractivity contribution in [2.75, 3.05) is 23.5 Å². The van der Waals surface area contributed by atoms with Gasteiger partial charge in [-0.15, -0.1) is 0 Å². The van der Waals surface area contributed by atoms with Crippen LogP contribution >= 0.6 is 11.6 Å². The molecule has 4 nitrogen and oxygen atoms in total. The van der Waals surface area contributed by atoms with Crippen molar-refractivity contribution in [2.45, 2.75) is 38.9 Å². The van der Waals surface area contributed by atoms with Gasteiger partial charge >= 0.3 is 0 Å². The first-order chi connectivity index (χ1) is 9.78. The standard InChI is InChI=1S/C15H23ClN2O2S/c1-11(2)17-9-12-4-5-15(14(16)8-12)18(3)13-6-7-21(19,20)10-13/h4-5,8,11,13,17H,6-7,9-10H2,1-3H3. The molecule has 1 aliphatic heterocycles. The first-order valence-corrected chi connectivity index (χ1v) is 9.43. The molecule has 1 saturated heterocycles. The minimum atomic E-state index is -2.88. The Labute approximate surface area is 132 Å². The van der Waals surface area contributed by atoms with E-state index in [1.807, 2.05) is 30.1 Å². The summed E-state index contributed by atoms with van der Waals surface area (Å²) in [4.78, 5) is 1.99. The topological polar surface area (TPSA) is 49.4 Å². The zero-order chi connectivity index (χ0) is 15.6. The lowest BCUT2D eigenvalue weighted by atomic mass is 10.1. The fraction of sp³-hybridized carbons (Fsp3) is 0.600. The van der Waals surface area contributed by atoms with Gasteiger partial charge < -0.3 is 10.2 Å². The predicted octanol–water partition coefficient (Wildman–Crippen LogP) is 2.46. The number of halogens is 1. The normalized spacial score (nSPS) is 20.9. The first kappa shape index (κ1) is 16.6. The van der Waals surface area contributed by atoms with E-state index in [0.29, 0.717) is 17.5 Å². The van der Waals surface area contributed by atoms with Crippen molar-refractivity contribution in [1.29, 1.82) is 0 Å². The van der Waals surface area contributed by atoms with Crippen LogP contribution in [0.3, 0.4) is 0 Å². The number of anilines is 1. The van der Waals surface area contributed by atoms with Gasteiger partial charge in [0.05, 0.1) is 22.2 Å². The van der Waals surface area contributed by atoms with Gasteiger partial charge in [0.15, 0.2) is 9.84 Å². The second-order valence-corrected chi connectivity index (χ2v) is 8.63. The van der Waals surface area contributed by atoms with Crippen molar-refractivity contribution in [3.05, 3.63) is 28.8 Å². The first-order valence-electron chi connectivity index (χ1n) is 7.23. The van der Waals surface area contributed by atoms with Crippen LogP contribution in [0.4, 0.5) is 5.69 Å². The Morgan fingerprint density at radius 1 is 1.43 bits per heavy atom. The zero-order valence-electron chi connectivity index (χ0n) is 12.8. The lowest BCUT2D eigenvalue weighted by molar-refractivity contribution is 0.589. The van der Waals surface area contributed by atoms with Crippen molar-refractivity contribution >= 4 is 27.1 Å². The minimum absolute atomic E-state index is 0.0205. The number of hydrogen-bond acceptors (Lipinski definition) is 4. The number of rotatable bonds is 5. The van der Waals surface area contributed by atoms with Crippen LogP contribution in [0.5, 0.6) is 0 Å². The van der Waals surface area contributed by atoms with E-state index in [9.17, 15) is 8.42 Å². The monoisotopic (exact) mass is 330 g/mol. The van der Waals surface area contributed by atoms with Gasteiger partial charge in [0, 0.05) is 25.7 Å². The highest BCUT2D eigenvalue weighted by atomic mass is 35.5. The molecule has 0 radical (unpaired) electrons. The second-order valence-electron chi connectivity index (χ2n) is 5.99. The molecule has 118 valence electrons. The van der Waals surface area contributed by atoms with Gasteiger partial charge in [-0.3, -0.25) is 0 Å². The molecule has 1 atom stereocenters. The number of benzene rings is 1. The largest absolute Gasteiger partial charge is 0.369 e. The van der Waals surface area contributed by atoms with Crippen LogP contribution in [0, 0.1) is 0 Å². The molecule has 1 heterocycles. The lowest BCUT2D eigenvalue weighted by Gasteiger charge is -2.27. The van der Waals surface area contributed by atoms with Crippen LogP contribution in [0.25, 0.3) is 0 Å². The van der Waals surface area contributed by atoms with E-state index in [-0.39, 0.29) is 17.5 Å². The van der Waals surface area contributed by atoms with Gasteiger partial charge in [0.1, 0.15) is 0 Å². The molecule has 6 heteroatoms. The summed E-state index contributed by atoms with van der Waals surface area (Å²) in [5, 5.41) is 4.02. The van der Waals surface area contributed by atoms with Crippen molar-refractivity contribution in [3.63, 3.8) is 0 Å². The molecule has 0 amide bonds. The molecule has 1 aliphatic rings. The maximum atomic E-state index is 11.6. The summed E-state index contributed by atoms with van der Waals surface area (Å²) in [6, 6.07) is 6.41. The summed E-state index contributed by atoms with van der Waals surface area (Å²) in [6.07, 6.45) is 0.672. The van der Waals surface area contributed by atoms with Crippen molar-refractivity contribution in [3.8, 4) is 0 Å². The van der Waals surface area contributed by atoms with Crippen LogP contribution < -0.4 is 10.2 Å². The van der Waals surface area contributed by atoms with Gasteiger partial charge in [-0.1, -0.05) is 31.5 Å². The molecule has 1 aromatic carbocycles. The summed E-state index contributed by atoms with van der Waals surface area (Å²) in [7, 11) is -0.967. The molecule has 0 aromatic heterocycles. The van der Waals surface area contributed by atoms with E-state index in [2.05, 4.69) is 19.2 Å². The van der Waals surface area contributed by atoms with Crippen LogP contribution in [0.1, 0.15) is 25.8 Å². The zero-order valence-corrected chi connectivity index (χ0v) is 14.3. The third-order valence-corrected chi connectivity index (χ3v) is 5.92. The van der Waals surface area contributed by atoms with E-state index in [1.165, 1.54) is 0 Å². The highest BCUT2D eigenvalue weighted by molar-refractivity contribution is 7.91. The molecule has 0 spiro atoms. The molecule has 0 bridgehead atoms. The van der Waals surface area contributed by atoms with Gasteiger partial charge in [-0.2, -0.15) is 0 Å². The predicted molar refractivity (Wildman–Crippen MR) is 88.9 cm³/mol. The minimum Gasteiger partial charge on any atom is -0.369 e. The van der Waals surface area contributed by atoms with E-state index in [0.717, 1.165) is 17.8 Å². The molecular weight excluding hydrogens is 308 g/mol. The lowest BCUT2D eigenvalue weighted by Crippen LogP contribution is -2.32. The molecule has 21 heavy (non-hydrogen) atoms. The number of sulfone groups is 1. The third kappa shape index (κ3) is 4.34. The number of hydrogen-bond donors (Lipinski definition) is 1. The van der Waals surface area contributed by atoms with Crippen molar-refractivity contribution in [2.24, 2.45) is 0 Å². The highest BCUT2D eigenvalue weighted by Gasteiger charge is 2.31. The molecule has 1 unspecified atom stereocenters. The molecule has 0 aliphatic carbocycles. The van der Waals surface area contributed by atoms with Crippen LogP contribution in [0.15, 0.2) is 18.2 Å². The van der Waals surface area contributed by atoms with Gasteiger partial charge in [-0.05, 0) is 24.1 Å². The quantitative estimate of drug-likeness (QED) is 0.901. The van der Waals surface area contributed by atoms with Crippen LogP contribution in [0.2, 0.25) is 5.02 Å². The summed E-state index contributed by atoms with van der Waals surface area (Å²) >= 11 is 6.37. The van der Waals surface area contributed by atoms with Crippen LogP contribution in [-0.4, -0.2) is 39.1 Å². The maximum absolute atomic E-state index is 11.6. The third-order valence-electron chi connectivity index (χ3n) is 3.86. The Kier molecular flexibility index (Phi) is 5.17. The molecule has 1 fully saturated rings. The number of nitrogens with one attached hydrogen (secondary N) is 1. The van der Waals surface area contributed by atoms with E-state index < -0.39 is 9.84 Å². The van der Waals surface area contributed by atoms with Gasteiger partial charge in [0.25, 0.3) is 0 Å². The van der Waals surface area contributed by atoms with E-state index in [4.69, 9.17) is 11.6 Å². The Morgan fingerprint density at radius 3 is 2.67 bits per heavy atom. The fourth-order valence-corrected chi connectivity index (χ4v) is 4.66. The molecule has 1 N–H and O–H groups in total. The maximum Gasteiger partial charge on any atom is 0.152 e. The second kappa shape index (κ2) is 6.55. The molecule has 1 aromatic rings. The average molecular weight is 331 g/mol. The van der Waals surface area contributed by atoms with Gasteiger partial charge in [0.2, 0.25) is 0 Å². The molecule has 0 saturated carbocycles. The summed E-state index contributed by atoms with van der Waals surface area (Å²) < 4.78 is 23.2. The SMILES string of the molecule is CC(C)NCc1ccc(N(C)C2CCS(=O)(=O)C2)c(Cl)c1.